The molecule has 0 aliphatic carbocycles. The molecule has 16 heavy (non-hydrogen) atoms. The first-order chi connectivity index (χ1) is 7.81. The lowest BCUT2D eigenvalue weighted by atomic mass is 10.2. The van der Waals surface area contributed by atoms with E-state index in [1.807, 2.05) is 41.1 Å². The van der Waals surface area contributed by atoms with Gasteiger partial charge in [0, 0.05) is 24.2 Å². The normalized spacial score (nSPS) is 10.4. The lowest BCUT2D eigenvalue weighted by molar-refractivity contribution is 1.03. The van der Waals surface area contributed by atoms with Crippen molar-refractivity contribution in [3.8, 4) is 11.8 Å². The summed E-state index contributed by atoms with van der Waals surface area (Å²) < 4.78 is 2.55. The van der Waals surface area contributed by atoms with E-state index in [1.54, 1.807) is 12.3 Å². The van der Waals surface area contributed by atoms with Crippen LogP contribution in [0, 0.1) is 16.1 Å². The summed E-state index contributed by atoms with van der Waals surface area (Å²) >= 11 is 5.12. The molecule has 1 aromatic carbocycles. The first-order valence-corrected chi connectivity index (χ1v) is 5.15. The zero-order chi connectivity index (χ0) is 11.4. The number of nitrogens with zero attached hydrogens (tertiary/aromatic N) is 2. The molecule has 0 saturated carbocycles. The predicted octanol–water partition coefficient (Wildman–Crippen LogP) is 3.07. The van der Waals surface area contributed by atoms with E-state index in [1.165, 1.54) is 6.08 Å². The molecule has 0 fully saturated rings. The molecule has 78 valence electrons. The van der Waals surface area contributed by atoms with Gasteiger partial charge in [0.15, 0.2) is 4.77 Å². The van der Waals surface area contributed by atoms with E-state index < -0.39 is 0 Å². The van der Waals surface area contributed by atoms with Crippen LogP contribution in [0.4, 0.5) is 0 Å². The molecule has 1 N–H and O–H groups in total. The van der Waals surface area contributed by atoms with E-state index in [2.05, 4.69) is 4.98 Å². The average molecular weight is 227 g/mol. The molecular weight excluding hydrogens is 218 g/mol. The van der Waals surface area contributed by atoms with E-state index in [0.29, 0.717) is 4.77 Å². The molecule has 2 rings (SSSR count). The van der Waals surface area contributed by atoms with E-state index in [9.17, 15) is 0 Å². The van der Waals surface area contributed by atoms with Crippen LogP contribution in [0.15, 0.2) is 42.7 Å². The molecule has 0 amide bonds. The van der Waals surface area contributed by atoms with Crippen molar-refractivity contribution >= 4 is 18.3 Å². The zero-order valence-electron chi connectivity index (χ0n) is 8.42. The van der Waals surface area contributed by atoms with Crippen LogP contribution in [-0.2, 0) is 0 Å². The van der Waals surface area contributed by atoms with Gasteiger partial charge in [0.25, 0.3) is 0 Å². The summed E-state index contributed by atoms with van der Waals surface area (Å²) in [5.74, 6) is 0. The van der Waals surface area contributed by atoms with Crippen LogP contribution in [0.5, 0.6) is 0 Å². The second-order valence-corrected chi connectivity index (χ2v) is 3.58. The summed E-state index contributed by atoms with van der Waals surface area (Å²) in [5.41, 5.74) is 1.99. The highest BCUT2D eigenvalue weighted by molar-refractivity contribution is 7.71. The monoisotopic (exact) mass is 227 g/mol. The molecule has 0 aliphatic heterocycles. The van der Waals surface area contributed by atoms with Crippen molar-refractivity contribution in [2.45, 2.75) is 0 Å². The van der Waals surface area contributed by atoms with Crippen molar-refractivity contribution in [1.29, 1.82) is 5.26 Å². The number of nitrogens with one attached hydrogen (secondary N) is 1. The fourth-order valence-corrected chi connectivity index (χ4v) is 1.64. The minimum Gasteiger partial charge on any atom is -0.337 e. The first kappa shape index (κ1) is 10.4. The smallest absolute Gasteiger partial charge is 0.181 e. The van der Waals surface area contributed by atoms with Crippen LogP contribution in [0.25, 0.3) is 11.8 Å². The molecule has 2 aromatic rings. The average Bonchev–Trinajstić information content (AvgIpc) is 2.74. The molecule has 0 unspecified atom stereocenters. The van der Waals surface area contributed by atoms with Crippen LogP contribution < -0.4 is 0 Å². The fraction of sp³-hybridized carbons (Fsp3) is 0. The van der Waals surface area contributed by atoms with Crippen molar-refractivity contribution in [3.05, 3.63) is 53.1 Å². The Kier molecular flexibility index (Phi) is 2.99. The second-order valence-electron chi connectivity index (χ2n) is 3.19. The number of nitriles is 1. The number of benzene rings is 1. The van der Waals surface area contributed by atoms with Crippen molar-refractivity contribution < 1.29 is 0 Å². The van der Waals surface area contributed by atoms with Crippen molar-refractivity contribution in [3.63, 3.8) is 0 Å². The highest BCUT2D eigenvalue weighted by Crippen LogP contribution is 2.11. The maximum Gasteiger partial charge on any atom is 0.181 e. The molecule has 1 heterocycles. The Labute approximate surface area is 98.3 Å². The van der Waals surface area contributed by atoms with Gasteiger partial charge in [-0.15, -0.1) is 0 Å². The van der Waals surface area contributed by atoms with Crippen LogP contribution in [0.1, 0.15) is 5.56 Å². The number of imidazole rings is 1. The van der Waals surface area contributed by atoms with Crippen molar-refractivity contribution in [1.82, 2.24) is 9.55 Å². The maximum atomic E-state index is 8.41. The van der Waals surface area contributed by atoms with E-state index in [-0.39, 0.29) is 0 Å². The number of hydrogen-bond donors (Lipinski definition) is 1. The molecule has 0 radical (unpaired) electrons. The van der Waals surface area contributed by atoms with Gasteiger partial charge in [-0.1, -0.05) is 12.1 Å². The summed E-state index contributed by atoms with van der Waals surface area (Å²) in [5, 5.41) is 8.41. The standard InChI is InChI=1S/C12H9N3S/c13-7-1-2-10-3-5-11(6-4-10)15-9-8-14-12(15)16/h1-6,8-9H,(H,14,16). The van der Waals surface area contributed by atoms with Gasteiger partial charge >= 0.3 is 0 Å². The summed E-state index contributed by atoms with van der Waals surface area (Å²) in [6.07, 6.45) is 6.89. The lowest BCUT2D eigenvalue weighted by Gasteiger charge is -2.01. The van der Waals surface area contributed by atoms with Gasteiger partial charge in [0.2, 0.25) is 0 Å². The molecule has 4 heteroatoms. The van der Waals surface area contributed by atoms with E-state index in [4.69, 9.17) is 17.5 Å². The third-order valence-electron chi connectivity index (χ3n) is 2.17. The Morgan fingerprint density at radius 2 is 2.06 bits per heavy atom. The second kappa shape index (κ2) is 4.60. The van der Waals surface area contributed by atoms with E-state index >= 15 is 0 Å². The fourth-order valence-electron chi connectivity index (χ4n) is 1.40. The van der Waals surface area contributed by atoms with Crippen LogP contribution in [0.3, 0.4) is 0 Å². The predicted molar refractivity (Wildman–Crippen MR) is 65.6 cm³/mol. The van der Waals surface area contributed by atoms with Crippen LogP contribution >= 0.6 is 12.2 Å². The van der Waals surface area contributed by atoms with Gasteiger partial charge in [-0.2, -0.15) is 5.26 Å². The highest BCUT2D eigenvalue weighted by atomic mass is 32.1. The van der Waals surface area contributed by atoms with Gasteiger partial charge in [0.05, 0.1) is 6.07 Å². The van der Waals surface area contributed by atoms with Gasteiger partial charge in [-0.05, 0) is 36.0 Å². The number of aromatic amines is 1. The maximum absolute atomic E-state index is 8.41. The van der Waals surface area contributed by atoms with Gasteiger partial charge in [-0.3, -0.25) is 4.57 Å². The van der Waals surface area contributed by atoms with E-state index in [0.717, 1.165) is 11.3 Å². The Morgan fingerprint density at radius 3 is 2.62 bits per heavy atom. The molecule has 0 spiro atoms. The SMILES string of the molecule is N#CC=Cc1ccc(-n2cc[nH]c2=S)cc1. The number of allylic oxidation sites excluding steroid dienone is 1. The molecule has 3 nitrogen and oxygen atoms in total. The quantitative estimate of drug-likeness (QED) is 0.633. The summed E-state index contributed by atoms with van der Waals surface area (Å²) in [7, 11) is 0. The van der Waals surface area contributed by atoms with Crippen molar-refractivity contribution in [2.24, 2.45) is 0 Å². The Balaban J connectivity index is 2.34. The Hall–Kier alpha value is -2.12. The van der Waals surface area contributed by atoms with Crippen LogP contribution in [0.2, 0.25) is 0 Å². The largest absolute Gasteiger partial charge is 0.337 e. The molecule has 0 aliphatic rings. The molecule has 0 saturated heterocycles. The third-order valence-corrected chi connectivity index (χ3v) is 2.49. The molecule has 0 bridgehead atoms. The Morgan fingerprint density at radius 1 is 1.31 bits per heavy atom. The first-order valence-electron chi connectivity index (χ1n) is 4.74. The molecular formula is C12H9N3S. The summed E-state index contributed by atoms with van der Waals surface area (Å²) in [6.45, 7) is 0. The van der Waals surface area contributed by atoms with Crippen LogP contribution in [-0.4, -0.2) is 9.55 Å². The number of aromatic nitrogens is 2. The molecule has 0 atom stereocenters. The molecule has 1 aromatic heterocycles. The third kappa shape index (κ3) is 2.10. The number of rotatable bonds is 2. The number of hydrogen-bond acceptors (Lipinski definition) is 2. The van der Waals surface area contributed by atoms with Crippen molar-refractivity contribution in [2.75, 3.05) is 0 Å². The van der Waals surface area contributed by atoms with Gasteiger partial charge in [0.1, 0.15) is 0 Å². The summed E-state index contributed by atoms with van der Waals surface area (Å²) in [4.78, 5) is 2.94. The highest BCUT2D eigenvalue weighted by Gasteiger charge is 1.96. The zero-order valence-corrected chi connectivity index (χ0v) is 9.24. The topological polar surface area (TPSA) is 44.5 Å². The minimum atomic E-state index is 0.667. The Bertz CT molecular complexity index is 596. The summed E-state index contributed by atoms with van der Waals surface area (Å²) in [6, 6.07) is 9.76. The minimum absolute atomic E-state index is 0.667. The number of H-pyrrole nitrogens is 1. The van der Waals surface area contributed by atoms with Gasteiger partial charge < -0.3 is 4.98 Å². The van der Waals surface area contributed by atoms with Gasteiger partial charge in [-0.25, -0.2) is 0 Å². The lowest BCUT2D eigenvalue weighted by Crippen LogP contribution is -1.91.